The van der Waals surface area contributed by atoms with Gasteiger partial charge in [0, 0.05) is 37.7 Å². The molecule has 32 heavy (non-hydrogen) atoms. The number of fused-ring (bicyclic) bond motifs is 3. The first kappa shape index (κ1) is 20.2. The second-order valence-electron chi connectivity index (χ2n) is 10.4. The van der Waals surface area contributed by atoms with Crippen LogP contribution in [0, 0.1) is 11.8 Å². The van der Waals surface area contributed by atoms with Crippen molar-refractivity contribution in [2.75, 3.05) is 13.1 Å². The van der Waals surface area contributed by atoms with E-state index in [1.807, 2.05) is 18.2 Å². The third-order valence-electron chi connectivity index (χ3n) is 8.30. The van der Waals surface area contributed by atoms with Crippen molar-refractivity contribution in [3.8, 4) is 5.75 Å². The van der Waals surface area contributed by atoms with Crippen molar-refractivity contribution in [1.29, 1.82) is 0 Å². The van der Waals surface area contributed by atoms with Crippen molar-refractivity contribution in [2.45, 2.75) is 76.1 Å². The van der Waals surface area contributed by atoms with Crippen molar-refractivity contribution < 1.29 is 19.1 Å². The van der Waals surface area contributed by atoms with Gasteiger partial charge in [0.25, 0.3) is 5.91 Å². The van der Waals surface area contributed by atoms with Gasteiger partial charge in [-0.1, -0.05) is 0 Å². The van der Waals surface area contributed by atoms with E-state index in [9.17, 15) is 14.4 Å². The van der Waals surface area contributed by atoms with Gasteiger partial charge in [-0.3, -0.25) is 24.6 Å². The minimum atomic E-state index is -0.578. The van der Waals surface area contributed by atoms with Crippen molar-refractivity contribution in [2.24, 2.45) is 11.8 Å². The molecule has 0 aromatic heterocycles. The van der Waals surface area contributed by atoms with Gasteiger partial charge in [-0.05, 0) is 80.5 Å². The molecule has 2 aliphatic carbocycles. The Labute approximate surface area is 188 Å². The Morgan fingerprint density at radius 3 is 2.56 bits per heavy atom. The summed E-state index contributed by atoms with van der Waals surface area (Å²) in [4.78, 5) is 40.9. The van der Waals surface area contributed by atoms with E-state index < -0.39 is 6.04 Å². The zero-order valence-corrected chi connectivity index (χ0v) is 18.4. The molecule has 2 bridgehead atoms. The SMILES string of the molecule is O=C1CCC(N2Cc3cc(OC4CCCC4N4CC5CCC(C5)C4)ccc3C2=O)C(=O)N1. The molecule has 6 rings (SSSR count). The molecule has 3 heterocycles. The highest BCUT2D eigenvalue weighted by molar-refractivity contribution is 6.05. The lowest BCUT2D eigenvalue weighted by molar-refractivity contribution is -0.136. The van der Waals surface area contributed by atoms with Gasteiger partial charge >= 0.3 is 0 Å². The third kappa shape index (κ3) is 3.51. The lowest BCUT2D eigenvalue weighted by Crippen LogP contribution is -2.52. The van der Waals surface area contributed by atoms with Crippen LogP contribution in [0.1, 0.15) is 67.3 Å². The minimum Gasteiger partial charge on any atom is -0.489 e. The molecule has 1 N–H and O–H groups in total. The molecule has 1 aromatic rings. The fourth-order valence-corrected chi connectivity index (χ4v) is 6.78. The average molecular weight is 438 g/mol. The Morgan fingerprint density at radius 1 is 0.969 bits per heavy atom. The van der Waals surface area contributed by atoms with Crippen molar-refractivity contribution in [3.05, 3.63) is 29.3 Å². The quantitative estimate of drug-likeness (QED) is 0.733. The number of carbonyl (C=O) groups is 3. The molecular weight excluding hydrogens is 406 g/mol. The van der Waals surface area contributed by atoms with Crippen LogP contribution in [0.5, 0.6) is 5.75 Å². The first-order valence-electron chi connectivity index (χ1n) is 12.2. The Kier molecular flexibility index (Phi) is 4.97. The maximum Gasteiger partial charge on any atom is 0.255 e. The fraction of sp³-hybridized carbons (Fsp3) is 0.640. The van der Waals surface area contributed by atoms with E-state index in [1.165, 1.54) is 45.2 Å². The third-order valence-corrected chi connectivity index (χ3v) is 8.30. The number of piperidine rings is 2. The Morgan fingerprint density at radius 2 is 1.78 bits per heavy atom. The number of ether oxygens (including phenoxy) is 1. The smallest absolute Gasteiger partial charge is 0.255 e. The van der Waals surface area contributed by atoms with Gasteiger partial charge in [0.05, 0.1) is 0 Å². The summed E-state index contributed by atoms with van der Waals surface area (Å²) in [5.74, 6) is 1.79. The number of benzene rings is 1. The molecule has 5 unspecified atom stereocenters. The zero-order chi connectivity index (χ0) is 21.8. The topological polar surface area (TPSA) is 79.0 Å². The van der Waals surface area contributed by atoms with Crippen LogP contribution in [0.15, 0.2) is 18.2 Å². The molecule has 7 nitrogen and oxygen atoms in total. The number of nitrogens with zero attached hydrogens (tertiary/aromatic N) is 2. The van der Waals surface area contributed by atoms with Crippen LogP contribution < -0.4 is 10.1 Å². The molecule has 2 saturated heterocycles. The Hall–Kier alpha value is -2.41. The van der Waals surface area contributed by atoms with E-state index in [1.54, 1.807) is 4.90 Å². The average Bonchev–Trinajstić information content (AvgIpc) is 3.46. The molecule has 3 aliphatic heterocycles. The van der Waals surface area contributed by atoms with E-state index in [-0.39, 0.29) is 30.2 Å². The molecule has 0 radical (unpaired) electrons. The predicted octanol–water partition coefficient (Wildman–Crippen LogP) is 2.48. The molecule has 170 valence electrons. The molecule has 3 amide bonds. The number of hydrogen-bond acceptors (Lipinski definition) is 5. The van der Waals surface area contributed by atoms with Crippen LogP contribution in [-0.2, 0) is 16.1 Å². The van der Waals surface area contributed by atoms with Crippen molar-refractivity contribution in [3.63, 3.8) is 0 Å². The minimum absolute atomic E-state index is 0.136. The van der Waals surface area contributed by atoms with Gasteiger partial charge in [0.2, 0.25) is 11.8 Å². The monoisotopic (exact) mass is 437 g/mol. The van der Waals surface area contributed by atoms with Gasteiger partial charge < -0.3 is 9.64 Å². The summed E-state index contributed by atoms with van der Waals surface area (Å²) in [6, 6.07) is 5.64. The van der Waals surface area contributed by atoms with Gasteiger partial charge in [0.15, 0.2) is 0 Å². The molecule has 4 fully saturated rings. The van der Waals surface area contributed by atoms with E-state index in [2.05, 4.69) is 10.2 Å². The fourth-order valence-electron chi connectivity index (χ4n) is 6.78. The number of hydrogen-bond donors (Lipinski definition) is 1. The highest BCUT2D eigenvalue weighted by Crippen LogP contribution is 2.40. The lowest BCUT2D eigenvalue weighted by Gasteiger charge is -2.38. The Balaban J connectivity index is 1.15. The lowest BCUT2D eigenvalue weighted by atomic mass is 9.96. The number of nitrogens with one attached hydrogen (secondary N) is 1. The van der Waals surface area contributed by atoms with Gasteiger partial charge in [-0.2, -0.15) is 0 Å². The highest BCUT2D eigenvalue weighted by Gasteiger charge is 2.42. The second kappa shape index (κ2) is 7.87. The number of rotatable bonds is 4. The van der Waals surface area contributed by atoms with Crippen LogP contribution in [0.4, 0.5) is 0 Å². The van der Waals surface area contributed by atoms with Gasteiger partial charge in [-0.25, -0.2) is 0 Å². The number of carbonyl (C=O) groups excluding carboxylic acids is 3. The van der Waals surface area contributed by atoms with E-state index >= 15 is 0 Å². The molecule has 5 atom stereocenters. The number of likely N-dealkylation sites (tertiary alicyclic amines) is 1. The Bertz CT molecular complexity index is 951. The standard InChI is InChI=1S/C25H31N3O4/c29-23-9-8-21(24(30)26-23)28-14-17-11-18(6-7-19(17)25(28)31)32-22-3-1-2-20(22)27-12-15-4-5-16(10-15)13-27/h6-7,11,15-16,20-22H,1-5,8-10,12-14H2,(H,26,29,30). The molecule has 0 spiro atoms. The van der Waals surface area contributed by atoms with E-state index in [4.69, 9.17) is 4.74 Å². The van der Waals surface area contributed by atoms with Crippen LogP contribution in [0.2, 0.25) is 0 Å². The van der Waals surface area contributed by atoms with E-state index in [0.717, 1.165) is 29.6 Å². The summed E-state index contributed by atoms with van der Waals surface area (Å²) >= 11 is 0. The molecule has 5 aliphatic rings. The zero-order valence-electron chi connectivity index (χ0n) is 18.4. The maximum atomic E-state index is 12.9. The molecule has 2 saturated carbocycles. The van der Waals surface area contributed by atoms with Crippen LogP contribution in [-0.4, -0.2) is 58.8 Å². The first-order valence-corrected chi connectivity index (χ1v) is 12.2. The number of imide groups is 1. The molecule has 1 aromatic carbocycles. The molecule has 7 heteroatoms. The summed E-state index contributed by atoms with van der Waals surface area (Å²) in [7, 11) is 0. The summed E-state index contributed by atoms with van der Waals surface area (Å²) < 4.78 is 6.51. The number of amides is 3. The van der Waals surface area contributed by atoms with Crippen LogP contribution in [0.25, 0.3) is 0 Å². The van der Waals surface area contributed by atoms with Crippen molar-refractivity contribution >= 4 is 17.7 Å². The molecular formula is C25H31N3O4. The normalized spacial score (nSPS) is 34.7. The van der Waals surface area contributed by atoms with Crippen molar-refractivity contribution in [1.82, 2.24) is 15.1 Å². The summed E-state index contributed by atoms with van der Waals surface area (Å²) in [5.41, 5.74) is 1.54. The maximum absolute atomic E-state index is 12.9. The predicted molar refractivity (Wildman–Crippen MR) is 117 cm³/mol. The summed E-state index contributed by atoms with van der Waals surface area (Å²) in [5, 5.41) is 2.36. The second-order valence-corrected chi connectivity index (χ2v) is 10.4. The van der Waals surface area contributed by atoms with Crippen LogP contribution >= 0.6 is 0 Å². The summed E-state index contributed by atoms with van der Waals surface area (Å²) in [6.07, 6.45) is 8.54. The van der Waals surface area contributed by atoms with E-state index in [0.29, 0.717) is 24.6 Å². The summed E-state index contributed by atoms with van der Waals surface area (Å²) in [6.45, 7) is 2.84. The first-order chi connectivity index (χ1) is 15.5. The van der Waals surface area contributed by atoms with Gasteiger partial charge in [0.1, 0.15) is 17.9 Å². The largest absolute Gasteiger partial charge is 0.489 e. The van der Waals surface area contributed by atoms with Crippen LogP contribution in [0.3, 0.4) is 0 Å². The van der Waals surface area contributed by atoms with Gasteiger partial charge in [-0.15, -0.1) is 0 Å². The highest BCUT2D eigenvalue weighted by atomic mass is 16.5.